The molecule has 0 aromatic heterocycles. The van der Waals surface area contributed by atoms with Gasteiger partial charge in [0.1, 0.15) is 5.84 Å². The Morgan fingerprint density at radius 1 is 1.27 bits per heavy atom. The first kappa shape index (κ1) is 8.53. The van der Waals surface area contributed by atoms with Crippen LogP contribution in [0.3, 0.4) is 0 Å². The van der Waals surface area contributed by atoms with Crippen LogP contribution in [0, 0.1) is 0 Å². The summed E-state index contributed by atoms with van der Waals surface area (Å²) in [4.78, 5) is 4.32. The van der Waals surface area contributed by atoms with Crippen molar-refractivity contribution in [2.24, 2.45) is 16.5 Å². The van der Waals surface area contributed by atoms with E-state index in [-0.39, 0.29) is 0 Å². The number of aliphatic imine (C=N–C) groups is 1. The average Bonchev–Trinajstić information content (AvgIpc) is 2.06. The molecule has 1 rings (SSSR count). The largest absolute Gasteiger partial charge is 0.386 e. The molecule has 1 aliphatic carbocycles. The van der Waals surface area contributed by atoms with E-state index in [1.165, 1.54) is 32.1 Å². The second-order valence-electron chi connectivity index (χ2n) is 3.12. The summed E-state index contributed by atoms with van der Waals surface area (Å²) < 4.78 is 0. The maximum atomic E-state index is 5.53. The van der Waals surface area contributed by atoms with Crippen LogP contribution < -0.4 is 11.5 Å². The van der Waals surface area contributed by atoms with E-state index in [4.69, 9.17) is 11.5 Å². The number of hydrogen-bond donors (Lipinski definition) is 2. The summed E-state index contributed by atoms with van der Waals surface area (Å²) in [5.74, 6) is 0.608. The highest BCUT2D eigenvalue weighted by Gasteiger charge is 2.11. The molecular weight excluding hydrogens is 138 g/mol. The minimum Gasteiger partial charge on any atom is -0.386 e. The van der Waals surface area contributed by atoms with Gasteiger partial charge in [0.15, 0.2) is 0 Å². The molecular formula is C8H17N3. The van der Waals surface area contributed by atoms with Gasteiger partial charge in [-0.3, -0.25) is 4.99 Å². The van der Waals surface area contributed by atoms with Crippen molar-refractivity contribution in [3.05, 3.63) is 0 Å². The molecule has 0 amide bonds. The lowest BCUT2D eigenvalue weighted by molar-refractivity contribution is 0.443. The van der Waals surface area contributed by atoms with E-state index in [1.54, 1.807) is 0 Å². The molecule has 0 atom stereocenters. The molecule has 0 aromatic rings. The molecule has 0 aromatic carbocycles. The van der Waals surface area contributed by atoms with E-state index >= 15 is 0 Å². The molecule has 1 fully saturated rings. The summed E-state index contributed by atoms with van der Waals surface area (Å²) in [7, 11) is 0. The molecule has 11 heavy (non-hydrogen) atoms. The van der Waals surface area contributed by atoms with Gasteiger partial charge in [-0.2, -0.15) is 0 Å². The van der Waals surface area contributed by atoms with Gasteiger partial charge in [-0.15, -0.1) is 0 Å². The van der Waals surface area contributed by atoms with E-state index in [0.29, 0.717) is 18.4 Å². The van der Waals surface area contributed by atoms with Crippen LogP contribution in [0.1, 0.15) is 32.1 Å². The highest BCUT2D eigenvalue weighted by molar-refractivity contribution is 5.82. The topological polar surface area (TPSA) is 64.4 Å². The standard InChI is InChI=1S/C8H17N3/c9-6-8(10)11-7-4-2-1-3-5-7/h7H,1-6,9H2,(H2,10,11). The lowest BCUT2D eigenvalue weighted by Crippen LogP contribution is -2.26. The molecule has 64 valence electrons. The first-order valence-corrected chi connectivity index (χ1v) is 4.35. The van der Waals surface area contributed by atoms with Gasteiger partial charge in [-0.05, 0) is 12.8 Å². The van der Waals surface area contributed by atoms with Crippen molar-refractivity contribution in [2.75, 3.05) is 6.54 Å². The number of hydrogen-bond acceptors (Lipinski definition) is 2. The second kappa shape index (κ2) is 4.34. The second-order valence-corrected chi connectivity index (χ2v) is 3.12. The Morgan fingerprint density at radius 3 is 2.45 bits per heavy atom. The van der Waals surface area contributed by atoms with Crippen molar-refractivity contribution in [3.8, 4) is 0 Å². The summed E-state index contributed by atoms with van der Waals surface area (Å²) in [6, 6.07) is 0.465. The zero-order valence-corrected chi connectivity index (χ0v) is 6.92. The molecule has 0 radical (unpaired) electrons. The Labute approximate surface area is 67.9 Å². The zero-order chi connectivity index (χ0) is 8.10. The van der Waals surface area contributed by atoms with Crippen molar-refractivity contribution < 1.29 is 0 Å². The van der Waals surface area contributed by atoms with Gasteiger partial charge >= 0.3 is 0 Å². The predicted molar refractivity (Wildman–Crippen MR) is 47.5 cm³/mol. The SMILES string of the molecule is NCC(N)=NC1CCCCC1. The van der Waals surface area contributed by atoms with E-state index in [0.717, 1.165) is 0 Å². The third-order valence-electron chi connectivity index (χ3n) is 2.13. The Bertz CT molecular complexity index is 136. The van der Waals surface area contributed by atoms with Crippen molar-refractivity contribution in [2.45, 2.75) is 38.1 Å². The third-order valence-corrected chi connectivity index (χ3v) is 2.13. The van der Waals surface area contributed by atoms with Crippen LogP contribution in [0.2, 0.25) is 0 Å². The molecule has 0 spiro atoms. The summed E-state index contributed by atoms with van der Waals surface area (Å²) in [5.41, 5.74) is 10.9. The van der Waals surface area contributed by atoms with Gasteiger partial charge in [0.25, 0.3) is 0 Å². The van der Waals surface area contributed by atoms with Gasteiger partial charge in [0.05, 0.1) is 12.6 Å². The normalized spacial score (nSPS) is 22.1. The zero-order valence-electron chi connectivity index (χ0n) is 6.92. The van der Waals surface area contributed by atoms with Crippen molar-refractivity contribution in [3.63, 3.8) is 0 Å². The maximum absolute atomic E-state index is 5.53. The summed E-state index contributed by atoms with van der Waals surface area (Å²) in [6.07, 6.45) is 6.34. The van der Waals surface area contributed by atoms with E-state index in [2.05, 4.69) is 4.99 Å². The first-order chi connectivity index (χ1) is 5.33. The highest BCUT2D eigenvalue weighted by atomic mass is 14.9. The quantitative estimate of drug-likeness (QED) is 0.454. The average molecular weight is 155 g/mol. The molecule has 3 heteroatoms. The first-order valence-electron chi connectivity index (χ1n) is 4.35. The Morgan fingerprint density at radius 2 is 1.91 bits per heavy atom. The van der Waals surface area contributed by atoms with Crippen molar-refractivity contribution >= 4 is 5.84 Å². The number of rotatable bonds is 2. The Kier molecular flexibility index (Phi) is 3.36. The number of nitrogens with two attached hydrogens (primary N) is 2. The molecule has 0 heterocycles. The van der Waals surface area contributed by atoms with Crippen LogP contribution in [-0.2, 0) is 0 Å². The molecule has 0 saturated heterocycles. The minimum absolute atomic E-state index is 0.399. The molecule has 0 unspecified atom stereocenters. The molecule has 0 aliphatic heterocycles. The van der Waals surface area contributed by atoms with Crippen LogP contribution in [0.5, 0.6) is 0 Å². The van der Waals surface area contributed by atoms with Crippen LogP contribution in [0.4, 0.5) is 0 Å². The van der Waals surface area contributed by atoms with E-state index in [9.17, 15) is 0 Å². The predicted octanol–water partition coefficient (Wildman–Crippen LogP) is 0.635. The van der Waals surface area contributed by atoms with Crippen LogP contribution >= 0.6 is 0 Å². The Balaban J connectivity index is 2.34. The van der Waals surface area contributed by atoms with Gasteiger partial charge in [-0.25, -0.2) is 0 Å². The summed E-state index contributed by atoms with van der Waals surface area (Å²) in [5, 5.41) is 0. The van der Waals surface area contributed by atoms with Crippen LogP contribution in [0.15, 0.2) is 4.99 Å². The minimum atomic E-state index is 0.399. The lowest BCUT2D eigenvalue weighted by atomic mass is 9.96. The fourth-order valence-corrected chi connectivity index (χ4v) is 1.50. The van der Waals surface area contributed by atoms with Gasteiger partial charge in [0.2, 0.25) is 0 Å². The number of nitrogens with zero attached hydrogens (tertiary/aromatic N) is 1. The highest BCUT2D eigenvalue weighted by Crippen LogP contribution is 2.19. The third kappa shape index (κ3) is 2.89. The molecule has 1 saturated carbocycles. The fraction of sp³-hybridized carbons (Fsp3) is 0.875. The van der Waals surface area contributed by atoms with Crippen LogP contribution in [-0.4, -0.2) is 18.4 Å². The fourth-order valence-electron chi connectivity index (χ4n) is 1.50. The lowest BCUT2D eigenvalue weighted by Gasteiger charge is -2.17. The van der Waals surface area contributed by atoms with Gasteiger partial charge in [0, 0.05) is 0 Å². The van der Waals surface area contributed by atoms with E-state index < -0.39 is 0 Å². The maximum Gasteiger partial charge on any atom is 0.108 e. The molecule has 4 N–H and O–H groups in total. The molecule has 0 bridgehead atoms. The van der Waals surface area contributed by atoms with Gasteiger partial charge in [-0.1, -0.05) is 19.3 Å². The van der Waals surface area contributed by atoms with Crippen LogP contribution in [0.25, 0.3) is 0 Å². The summed E-state index contributed by atoms with van der Waals surface area (Å²) in [6.45, 7) is 0.399. The summed E-state index contributed by atoms with van der Waals surface area (Å²) >= 11 is 0. The smallest absolute Gasteiger partial charge is 0.108 e. The Hall–Kier alpha value is -0.570. The molecule has 3 nitrogen and oxygen atoms in total. The molecule has 1 aliphatic rings. The van der Waals surface area contributed by atoms with Gasteiger partial charge < -0.3 is 11.5 Å². The van der Waals surface area contributed by atoms with Crippen molar-refractivity contribution in [1.29, 1.82) is 0 Å². The monoisotopic (exact) mass is 155 g/mol. The van der Waals surface area contributed by atoms with E-state index in [1.807, 2.05) is 0 Å². The van der Waals surface area contributed by atoms with Crippen molar-refractivity contribution in [1.82, 2.24) is 0 Å². The number of amidine groups is 1.